The van der Waals surface area contributed by atoms with Crippen molar-refractivity contribution in [2.45, 2.75) is 11.8 Å². The van der Waals surface area contributed by atoms with E-state index in [0.717, 1.165) is 9.87 Å². The standard InChI is InChI=1S/C11H13NO3S/c1-10-4-6-11(7-5-10)16(14,15)12(2)8-3-9-13/h4-7,13H,9H2,1-2H3. The van der Waals surface area contributed by atoms with E-state index in [1.807, 2.05) is 6.92 Å². The highest BCUT2D eigenvalue weighted by Gasteiger charge is 2.17. The van der Waals surface area contributed by atoms with Crippen molar-refractivity contribution in [3.05, 3.63) is 29.8 Å². The minimum atomic E-state index is -3.58. The molecule has 0 atom stereocenters. The van der Waals surface area contributed by atoms with Crippen LogP contribution in [0.3, 0.4) is 0 Å². The van der Waals surface area contributed by atoms with E-state index in [2.05, 4.69) is 12.0 Å². The Labute approximate surface area is 95.6 Å². The van der Waals surface area contributed by atoms with Crippen molar-refractivity contribution in [1.29, 1.82) is 0 Å². The largest absolute Gasteiger partial charge is 0.384 e. The first kappa shape index (κ1) is 12.6. The molecular weight excluding hydrogens is 226 g/mol. The number of hydrogen-bond acceptors (Lipinski definition) is 3. The molecule has 1 aromatic carbocycles. The van der Waals surface area contributed by atoms with Gasteiger partial charge in [-0.3, -0.25) is 0 Å². The molecule has 0 heterocycles. The van der Waals surface area contributed by atoms with Gasteiger partial charge in [-0.2, -0.15) is 0 Å². The molecule has 0 amide bonds. The summed E-state index contributed by atoms with van der Waals surface area (Å²) in [7, 11) is -2.23. The zero-order valence-electron chi connectivity index (χ0n) is 9.14. The van der Waals surface area contributed by atoms with Crippen molar-refractivity contribution in [3.8, 4) is 12.0 Å². The second-order valence-electron chi connectivity index (χ2n) is 3.23. The van der Waals surface area contributed by atoms with E-state index in [9.17, 15) is 8.42 Å². The lowest BCUT2D eigenvalue weighted by Gasteiger charge is -2.11. The van der Waals surface area contributed by atoms with Gasteiger partial charge in [0.15, 0.2) is 0 Å². The highest BCUT2D eigenvalue weighted by Crippen LogP contribution is 2.13. The predicted molar refractivity (Wildman–Crippen MR) is 61.0 cm³/mol. The lowest BCUT2D eigenvalue weighted by Crippen LogP contribution is -2.22. The van der Waals surface area contributed by atoms with Crippen molar-refractivity contribution in [2.24, 2.45) is 0 Å². The van der Waals surface area contributed by atoms with Crippen LogP contribution in [0.2, 0.25) is 0 Å². The van der Waals surface area contributed by atoms with Gasteiger partial charge < -0.3 is 5.11 Å². The molecule has 0 aromatic heterocycles. The van der Waals surface area contributed by atoms with E-state index in [1.54, 1.807) is 12.1 Å². The molecule has 0 bridgehead atoms. The molecule has 86 valence electrons. The van der Waals surface area contributed by atoms with E-state index in [0.29, 0.717) is 0 Å². The van der Waals surface area contributed by atoms with Crippen LogP contribution in [0, 0.1) is 18.9 Å². The summed E-state index contributed by atoms with van der Waals surface area (Å²) in [5.74, 6) is 2.29. The summed E-state index contributed by atoms with van der Waals surface area (Å²) >= 11 is 0. The van der Waals surface area contributed by atoms with Crippen LogP contribution in [-0.2, 0) is 10.0 Å². The van der Waals surface area contributed by atoms with Gasteiger partial charge in [-0.25, -0.2) is 12.7 Å². The van der Waals surface area contributed by atoms with Crippen molar-refractivity contribution in [3.63, 3.8) is 0 Å². The molecule has 0 aliphatic rings. The maximum atomic E-state index is 11.9. The molecule has 0 aliphatic heterocycles. The normalized spacial score (nSPS) is 10.4. The van der Waals surface area contributed by atoms with Gasteiger partial charge in [-0.05, 0) is 19.1 Å². The first-order chi connectivity index (χ1) is 7.48. The third-order valence-electron chi connectivity index (χ3n) is 1.99. The first-order valence-corrected chi connectivity index (χ1v) is 6.07. The summed E-state index contributed by atoms with van der Waals surface area (Å²) in [5, 5.41) is 8.49. The summed E-state index contributed by atoms with van der Waals surface area (Å²) in [6, 6.07) is 8.83. The number of rotatable bonds is 2. The SMILES string of the molecule is Cc1ccc(S(=O)(=O)N(C)C#CCO)cc1. The van der Waals surface area contributed by atoms with Gasteiger partial charge >= 0.3 is 0 Å². The lowest BCUT2D eigenvalue weighted by molar-refractivity contribution is 0.350. The Kier molecular flexibility index (Phi) is 3.93. The van der Waals surface area contributed by atoms with Crippen LogP contribution in [0.5, 0.6) is 0 Å². The van der Waals surface area contributed by atoms with Gasteiger partial charge in [0.25, 0.3) is 10.0 Å². The van der Waals surface area contributed by atoms with Gasteiger partial charge in [-0.1, -0.05) is 23.6 Å². The third-order valence-corrected chi connectivity index (χ3v) is 3.68. The molecule has 0 aliphatic carbocycles. The minimum absolute atomic E-state index is 0.188. The minimum Gasteiger partial charge on any atom is -0.384 e. The molecule has 5 heteroatoms. The average molecular weight is 239 g/mol. The quantitative estimate of drug-likeness (QED) is 0.606. The number of aliphatic hydroxyl groups is 1. The van der Waals surface area contributed by atoms with E-state index in [4.69, 9.17) is 5.11 Å². The summed E-state index contributed by atoms with van der Waals surface area (Å²) < 4.78 is 24.7. The van der Waals surface area contributed by atoms with E-state index in [-0.39, 0.29) is 11.5 Å². The summed E-state index contributed by atoms with van der Waals surface area (Å²) in [6.45, 7) is 1.51. The molecule has 0 fully saturated rings. The lowest BCUT2D eigenvalue weighted by atomic mass is 10.2. The molecule has 1 N–H and O–H groups in total. The molecule has 1 aromatic rings. The van der Waals surface area contributed by atoms with Crippen LogP contribution in [0.1, 0.15) is 5.56 Å². The van der Waals surface area contributed by atoms with Gasteiger partial charge in [0, 0.05) is 13.1 Å². The molecule has 0 unspecified atom stereocenters. The highest BCUT2D eigenvalue weighted by molar-refractivity contribution is 7.89. The van der Waals surface area contributed by atoms with Crippen LogP contribution in [0.25, 0.3) is 0 Å². The highest BCUT2D eigenvalue weighted by atomic mass is 32.2. The smallest absolute Gasteiger partial charge is 0.270 e. The molecule has 1 rings (SSSR count). The van der Waals surface area contributed by atoms with Crippen molar-refractivity contribution >= 4 is 10.0 Å². The average Bonchev–Trinajstić information content (AvgIpc) is 2.26. The number of aryl methyl sites for hydroxylation is 1. The van der Waals surface area contributed by atoms with Crippen LogP contribution >= 0.6 is 0 Å². The zero-order chi connectivity index (χ0) is 12.2. The van der Waals surface area contributed by atoms with Gasteiger partial charge in [0.2, 0.25) is 0 Å². The summed E-state index contributed by atoms with van der Waals surface area (Å²) in [4.78, 5) is 0.188. The fourth-order valence-corrected chi connectivity index (χ4v) is 2.06. The Bertz CT molecular complexity index is 508. The number of nitrogens with zero attached hydrogens (tertiary/aromatic N) is 1. The predicted octanol–water partition coefficient (Wildman–Crippen LogP) is 0.569. The monoisotopic (exact) mass is 239 g/mol. The topological polar surface area (TPSA) is 57.6 Å². The van der Waals surface area contributed by atoms with Gasteiger partial charge in [-0.15, -0.1) is 0 Å². The van der Waals surface area contributed by atoms with Crippen molar-refractivity contribution in [1.82, 2.24) is 4.31 Å². The maximum Gasteiger partial charge on any atom is 0.270 e. The first-order valence-electron chi connectivity index (χ1n) is 4.63. The second kappa shape index (κ2) is 5.01. The maximum absolute atomic E-state index is 11.9. The Morgan fingerprint density at radius 1 is 1.31 bits per heavy atom. The molecule has 16 heavy (non-hydrogen) atoms. The second-order valence-corrected chi connectivity index (χ2v) is 5.20. The summed E-state index contributed by atoms with van der Waals surface area (Å²) in [6.07, 6.45) is 0. The third kappa shape index (κ3) is 2.75. The molecule has 0 saturated heterocycles. The van der Waals surface area contributed by atoms with Crippen molar-refractivity contribution in [2.75, 3.05) is 13.7 Å². The van der Waals surface area contributed by atoms with Crippen LogP contribution in [0.4, 0.5) is 0 Å². The Hall–Kier alpha value is -1.51. The number of benzene rings is 1. The zero-order valence-corrected chi connectivity index (χ0v) is 9.95. The van der Waals surface area contributed by atoms with Crippen molar-refractivity contribution < 1.29 is 13.5 Å². The Morgan fingerprint density at radius 2 is 1.88 bits per heavy atom. The number of sulfonamides is 1. The van der Waals surface area contributed by atoms with Crippen LogP contribution in [0.15, 0.2) is 29.2 Å². The van der Waals surface area contributed by atoms with Crippen LogP contribution in [-0.4, -0.2) is 31.5 Å². The molecule has 0 saturated carbocycles. The fraction of sp³-hybridized carbons (Fsp3) is 0.273. The van der Waals surface area contributed by atoms with E-state index >= 15 is 0 Å². The number of aliphatic hydroxyl groups excluding tert-OH is 1. The fourth-order valence-electron chi connectivity index (χ4n) is 1.08. The van der Waals surface area contributed by atoms with Gasteiger partial charge in [0.1, 0.15) is 6.61 Å². The van der Waals surface area contributed by atoms with Crippen LogP contribution < -0.4 is 0 Å². The van der Waals surface area contributed by atoms with E-state index in [1.165, 1.54) is 19.2 Å². The Morgan fingerprint density at radius 3 is 2.38 bits per heavy atom. The molecule has 4 nitrogen and oxygen atoms in total. The Balaban J connectivity index is 3.07. The molecular formula is C11H13NO3S. The number of hydrogen-bond donors (Lipinski definition) is 1. The molecule has 0 radical (unpaired) electrons. The van der Waals surface area contributed by atoms with E-state index < -0.39 is 10.0 Å². The molecule has 0 spiro atoms. The van der Waals surface area contributed by atoms with Gasteiger partial charge in [0.05, 0.1) is 4.90 Å². The summed E-state index contributed by atoms with van der Waals surface area (Å²) in [5.41, 5.74) is 0.989.